The molecule has 0 atom stereocenters. The Morgan fingerprint density at radius 2 is 1.65 bits per heavy atom. The maximum atomic E-state index is 12.6. The molecule has 0 heterocycles. The van der Waals surface area contributed by atoms with Crippen molar-refractivity contribution in [1.29, 1.82) is 0 Å². The number of oxime groups is 1. The summed E-state index contributed by atoms with van der Waals surface area (Å²) < 4.78 is 0. The number of benzene rings is 1. The van der Waals surface area contributed by atoms with E-state index in [9.17, 15) is 20.2 Å². The fourth-order valence-corrected chi connectivity index (χ4v) is 3.79. The number of phenols is 2. The van der Waals surface area contributed by atoms with Gasteiger partial charge in [0, 0.05) is 12.1 Å². The normalized spacial score (nSPS) is 12.2. The molecule has 1 aromatic carbocycles. The van der Waals surface area contributed by atoms with E-state index in [1.807, 2.05) is 0 Å². The van der Waals surface area contributed by atoms with Crippen molar-refractivity contribution in [3.8, 4) is 11.5 Å². The van der Waals surface area contributed by atoms with E-state index in [1.165, 1.54) is 12.1 Å². The minimum Gasteiger partial charge on any atom is -0.504 e. The quantitative estimate of drug-likeness (QED) is 0.207. The predicted octanol–water partition coefficient (Wildman–Crippen LogP) is 4.43. The molecule has 26 heavy (non-hydrogen) atoms. The molecule has 0 spiro atoms. The van der Waals surface area contributed by atoms with Gasteiger partial charge in [-0.15, -0.1) is 0 Å². The summed E-state index contributed by atoms with van der Waals surface area (Å²) in [5.74, 6) is -1.55. The molecule has 0 fully saturated rings. The predicted molar refractivity (Wildman–Crippen MR) is 103 cm³/mol. The van der Waals surface area contributed by atoms with E-state index in [-0.39, 0.29) is 21.7 Å². The van der Waals surface area contributed by atoms with Crippen LogP contribution in [-0.2, 0) is 4.79 Å². The Labute approximate surface area is 159 Å². The maximum absolute atomic E-state index is 12.6. The number of hydrogen-bond acceptors (Lipinski definition) is 5. The average molecular weight is 385 g/mol. The molecule has 1 rings (SSSR count). The molecule has 1 aromatic rings. The van der Waals surface area contributed by atoms with Gasteiger partial charge in [0.25, 0.3) is 5.91 Å². The summed E-state index contributed by atoms with van der Waals surface area (Å²) in [7, 11) is 0. The zero-order valence-electron chi connectivity index (χ0n) is 15.7. The average Bonchev–Trinajstić information content (AvgIpc) is 2.61. The summed E-state index contributed by atoms with van der Waals surface area (Å²) in [6.07, 6.45) is 6.07. The number of rotatable bonds is 10. The second-order valence-corrected chi connectivity index (χ2v) is 7.05. The summed E-state index contributed by atoms with van der Waals surface area (Å²) in [5, 5.41) is 34.2. The van der Waals surface area contributed by atoms with Crippen LogP contribution in [0.15, 0.2) is 17.3 Å². The molecule has 0 radical (unpaired) electrons. The third-order valence-electron chi connectivity index (χ3n) is 4.63. The molecule has 0 aromatic heterocycles. The molecule has 0 unspecified atom stereocenters. The van der Waals surface area contributed by atoms with E-state index in [4.69, 9.17) is 11.6 Å². The van der Waals surface area contributed by atoms with E-state index in [0.717, 1.165) is 38.5 Å². The van der Waals surface area contributed by atoms with Gasteiger partial charge < -0.3 is 20.7 Å². The number of carbonyl (C=O) groups excluding carboxylic acids is 1. The van der Waals surface area contributed by atoms with Gasteiger partial charge in [-0.3, -0.25) is 4.79 Å². The van der Waals surface area contributed by atoms with Crippen molar-refractivity contribution in [2.24, 2.45) is 10.6 Å². The molecular weight excluding hydrogens is 356 g/mol. The lowest BCUT2D eigenvalue weighted by Crippen LogP contribution is -2.41. The first-order valence-corrected chi connectivity index (χ1v) is 9.44. The number of amides is 1. The first-order valence-electron chi connectivity index (χ1n) is 9.06. The van der Waals surface area contributed by atoms with Gasteiger partial charge in [-0.1, -0.05) is 56.8 Å². The van der Waals surface area contributed by atoms with Crippen molar-refractivity contribution >= 4 is 23.2 Å². The Morgan fingerprint density at radius 3 is 2.12 bits per heavy atom. The Kier molecular flexibility index (Phi) is 8.72. The van der Waals surface area contributed by atoms with Crippen LogP contribution in [0.4, 0.5) is 0 Å². The zero-order valence-corrected chi connectivity index (χ0v) is 16.4. The molecular formula is C19H29ClN2O4. The van der Waals surface area contributed by atoms with Gasteiger partial charge in [0.15, 0.2) is 17.2 Å². The van der Waals surface area contributed by atoms with E-state index in [0.29, 0.717) is 6.54 Å². The highest BCUT2D eigenvalue weighted by atomic mass is 35.5. The molecule has 0 aliphatic carbocycles. The molecule has 6 nitrogen and oxygen atoms in total. The molecule has 146 valence electrons. The van der Waals surface area contributed by atoms with Crippen molar-refractivity contribution in [2.45, 2.75) is 59.3 Å². The largest absolute Gasteiger partial charge is 0.504 e. The van der Waals surface area contributed by atoms with Gasteiger partial charge in [0.05, 0.1) is 5.02 Å². The topological polar surface area (TPSA) is 102 Å². The Hall–Kier alpha value is -1.95. The SMILES string of the molecule is CCCC(CCC)(CCC)CNC(=O)/C(=N\O)c1ccc(O)c(O)c1Cl. The highest BCUT2D eigenvalue weighted by Crippen LogP contribution is 2.36. The van der Waals surface area contributed by atoms with Gasteiger partial charge in [-0.2, -0.15) is 0 Å². The third kappa shape index (κ3) is 5.27. The van der Waals surface area contributed by atoms with E-state index >= 15 is 0 Å². The number of halogens is 1. The molecule has 1 amide bonds. The van der Waals surface area contributed by atoms with E-state index in [2.05, 4.69) is 31.2 Å². The Bertz CT molecular complexity index is 630. The molecule has 0 bridgehead atoms. The fourth-order valence-electron chi connectivity index (χ4n) is 3.54. The first-order chi connectivity index (χ1) is 12.4. The van der Waals surface area contributed by atoms with Crippen LogP contribution in [0.1, 0.15) is 64.9 Å². The lowest BCUT2D eigenvalue weighted by atomic mass is 9.75. The minimum atomic E-state index is -0.577. The summed E-state index contributed by atoms with van der Waals surface area (Å²) in [5.41, 5.74) is -0.243. The number of nitrogens with one attached hydrogen (secondary N) is 1. The fraction of sp³-hybridized carbons (Fsp3) is 0.579. The van der Waals surface area contributed by atoms with E-state index < -0.39 is 17.4 Å². The smallest absolute Gasteiger partial charge is 0.274 e. The molecule has 0 aliphatic heterocycles. The van der Waals surface area contributed by atoms with Crippen molar-refractivity contribution in [2.75, 3.05) is 6.54 Å². The lowest BCUT2D eigenvalue weighted by Gasteiger charge is -2.33. The number of aromatic hydroxyl groups is 2. The van der Waals surface area contributed by atoms with Crippen LogP contribution in [-0.4, -0.2) is 33.6 Å². The van der Waals surface area contributed by atoms with Crippen LogP contribution in [0.5, 0.6) is 11.5 Å². The van der Waals surface area contributed by atoms with Crippen LogP contribution in [0.3, 0.4) is 0 Å². The Morgan fingerprint density at radius 1 is 1.12 bits per heavy atom. The standard InChI is InChI=1S/C19H29ClN2O4/c1-4-9-19(10-5-2,11-6-3)12-21-18(25)16(22-26)13-7-8-14(23)17(24)15(13)20/h7-8,23-24,26H,4-6,9-12H2,1-3H3,(H,21,25)/b22-16-. The van der Waals surface area contributed by atoms with Crippen molar-refractivity contribution in [1.82, 2.24) is 5.32 Å². The van der Waals surface area contributed by atoms with Gasteiger partial charge in [0.2, 0.25) is 0 Å². The molecule has 0 saturated heterocycles. The zero-order chi connectivity index (χ0) is 19.7. The molecule has 7 heteroatoms. The van der Waals surface area contributed by atoms with Crippen LogP contribution in [0.2, 0.25) is 5.02 Å². The Balaban J connectivity index is 3.01. The molecule has 0 saturated carbocycles. The summed E-state index contributed by atoms with van der Waals surface area (Å²) in [6, 6.07) is 2.51. The number of nitrogens with zero attached hydrogens (tertiary/aromatic N) is 1. The van der Waals surface area contributed by atoms with Crippen LogP contribution in [0.25, 0.3) is 0 Å². The summed E-state index contributed by atoms with van der Waals surface area (Å²) >= 11 is 5.97. The lowest BCUT2D eigenvalue weighted by molar-refractivity contribution is -0.115. The van der Waals surface area contributed by atoms with Gasteiger partial charge in [-0.05, 0) is 36.8 Å². The molecule has 4 N–H and O–H groups in total. The third-order valence-corrected chi connectivity index (χ3v) is 5.01. The second kappa shape index (κ2) is 10.3. The highest BCUT2D eigenvalue weighted by Gasteiger charge is 2.29. The first kappa shape index (κ1) is 22.1. The van der Waals surface area contributed by atoms with Gasteiger partial charge >= 0.3 is 0 Å². The number of hydrogen-bond donors (Lipinski definition) is 4. The van der Waals surface area contributed by atoms with Gasteiger partial charge in [-0.25, -0.2) is 0 Å². The van der Waals surface area contributed by atoms with Crippen LogP contribution >= 0.6 is 11.6 Å². The highest BCUT2D eigenvalue weighted by molar-refractivity contribution is 6.49. The maximum Gasteiger partial charge on any atom is 0.274 e. The minimum absolute atomic E-state index is 0.00929. The van der Waals surface area contributed by atoms with Gasteiger partial charge in [0.1, 0.15) is 0 Å². The van der Waals surface area contributed by atoms with Crippen LogP contribution < -0.4 is 5.32 Å². The summed E-state index contributed by atoms with van der Waals surface area (Å²) in [4.78, 5) is 12.6. The number of phenolic OH excluding ortho intramolecular Hbond substituents is 2. The molecule has 0 aliphatic rings. The number of carbonyl (C=O) groups is 1. The van der Waals surface area contributed by atoms with Crippen molar-refractivity contribution in [3.05, 3.63) is 22.7 Å². The summed E-state index contributed by atoms with van der Waals surface area (Å²) in [6.45, 7) is 6.85. The van der Waals surface area contributed by atoms with Crippen molar-refractivity contribution < 1.29 is 20.2 Å². The monoisotopic (exact) mass is 384 g/mol. The van der Waals surface area contributed by atoms with Crippen LogP contribution in [0, 0.1) is 5.41 Å². The van der Waals surface area contributed by atoms with E-state index in [1.54, 1.807) is 0 Å². The second-order valence-electron chi connectivity index (χ2n) is 6.68. The van der Waals surface area contributed by atoms with Crippen molar-refractivity contribution in [3.63, 3.8) is 0 Å².